The average molecular weight is 273 g/mol. The van der Waals surface area contributed by atoms with E-state index in [4.69, 9.17) is 32.0 Å². The first-order valence-electron chi connectivity index (χ1n) is 5.56. The van der Waals surface area contributed by atoms with Crippen molar-refractivity contribution >= 4 is 17.4 Å². The molecule has 5 nitrogen and oxygen atoms in total. The van der Waals surface area contributed by atoms with Crippen LogP contribution in [-0.4, -0.2) is 30.4 Å². The summed E-state index contributed by atoms with van der Waals surface area (Å²) in [7, 11) is 0. The lowest BCUT2D eigenvalue weighted by molar-refractivity contribution is 0.0552. The van der Waals surface area contributed by atoms with Crippen molar-refractivity contribution in [2.75, 3.05) is 13.2 Å². The molecule has 0 fully saturated rings. The van der Waals surface area contributed by atoms with Gasteiger partial charge in [0.25, 0.3) is 0 Å². The number of benzene rings is 1. The van der Waals surface area contributed by atoms with Crippen molar-refractivity contribution < 1.29 is 14.7 Å². The molecule has 1 aromatic rings. The van der Waals surface area contributed by atoms with Gasteiger partial charge in [0.1, 0.15) is 12.4 Å². The fraction of sp³-hybridized carbons (Fsp3) is 0.417. The Morgan fingerprint density at radius 2 is 2.17 bits per heavy atom. The van der Waals surface area contributed by atoms with E-state index in [9.17, 15) is 0 Å². The zero-order valence-electron chi connectivity index (χ0n) is 10.4. The lowest BCUT2D eigenvalue weighted by atomic mass is 10.2. The van der Waals surface area contributed by atoms with Gasteiger partial charge in [0.05, 0.1) is 18.3 Å². The molecule has 1 rings (SSSR count). The molecule has 6 heteroatoms. The Morgan fingerprint density at radius 1 is 1.44 bits per heavy atom. The summed E-state index contributed by atoms with van der Waals surface area (Å²) in [5.74, 6) is 0.441. The first kappa shape index (κ1) is 14.6. The molecule has 0 saturated carbocycles. The number of amidine groups is 1. The van der Waals surface area contributed by atoms with Gasteiger partial charge in [-0.15, -0.1) is 0 Å². The summed E-state index contributed by atoms with van der Waals surface area (Å²) in [4.78, 5) is 0. The fourth-order valence-corrected chi connectivity index (χ4v) is 1.48. The minimum atomic E-state index is -0.0218. The van der Waals surface area contributed by atoms with E-state index in [1.165, 1.54) is 0 Å². The maximum absolute atomic E-state index is 8.68. The number of nitrogens with zero attached hydrogens (tertiary/aromatic N) is 1. The van der Waals surface area contributed by atoms with Crippen LogP contribution in [0.1, 0.15) is 19.4 Å². The van der Waals surface area contributed by atoms with Crippen molar-refractivity contribution in [1.29, 1.82) is 0 Å². The first-order chi connectivity index (χ1) is 8.54. The van der Waals surface area contributed by atoms with Gasteiger partial charge in [0.2, 0.25) is 0 Å². The van der Waals surface area contributed by atoms with Crippen molar-refractivity contribution in [3.8, 4) is 5.75 Å². The molecular formula is C12H17ClN2O3. The Bertz CT molecular complexity index is 422. The summed E-state index contributed by atoms with van der Waals surface area (Å²) in [5.41, 5.74) is 6.04. The third-order valence-corrected chi connectivity index (χ3v) is 2.35. The minimum Gasteiger partial charge on any atom is -0.490 e. The van der Waals surface area contributed by atoms with Gasteiger partial charge in [-0.2, -0.15) is 0 Å². The van der Waals surface area contributed by atoms with E-state index in [0.717, 1.165) is 0 Å². The Balaban J connectivity index is 2.71. The van der Waals surface area contributed by atoms with Crippen LogP contribution in [0.15, 0.2) is 23.4 Å². The van der Waals surface area contributed by atoms with Gasteiger partial charge >= 0.3 is 0 Å². The highest BCUT2D eigenvalue weighted by Gasteiger charge is 2.09. The van der Waals surface area contributed by atoms with Crippen LogP contribution in [0.5, 0.6) is 5.75 Å². The van der Waals surface area contributed by atoms with E-state index in [-0.39, 0.29) is 11.9 Å². The molecule has 100 valence electrons. The number of oxime groups is 1. The van der Waals surface area contributed by atoms with Gasteiger partial charge < -0.3 is 20.4 Å². The highest BCUT2D eigenvalue weighted by Crippen LogP contribution is 2.23. The second-order valence-electron chi connectivity index (χ2n) is 3.89. The molecule has 0 spiro atoms. The molecular weight excluding hydrogens is 256 g/mol. The van der Waals surface area contributed by atoms with Crippen LogP contribution >= 0.6 is 11.6 Å². The fourth-order valence-electron chi connectivity index (χ4n) is 1.32. The molecule has 3 N–H and O–H groups in total. The Hall–Kier alpha value is -1.46. The van der Waals surface area contributed by atoms with Gasteiger partial charge in [-0.1, -0.05) is 16.8 Å². The lowest BCUT2D eigenvalue weighted by Crippen LogP contribution is -2.17. The van der Waals surface area contributed by atoms with Gasteiger partial charge in [-0.3, -0.25) is 0 Å². The zero-order chi connectivity index (χ0) is 13.5. The average Bonchev–Trinajstić information content (AvgIpc) is 2.33. The van der Waals surface area contributed by atoms with E-state index < -0.39 is 0 Å². The number of nitrogens with two attached hydrogens (primary N) is 1. The molecule has 0 aromatic heterocycles. The molecule has 0 amide bonds. The van der Waals surface area contributed by atoms with Crippen LogP contribution in [0.4, 0.5) is 0 Å². The molecule has 0 aliphatic rings. The molecule has 0 radical (unpaired) electrons. The SMILES string of the molecule is CC(C)OCCOc1cc(Cl)ccc1C(N)=NO. The van der Waals surface area contributed by atoms with Gasteiger partial charge in [0.15, 0.2) is 5.84 Å². The summed E-state index contributed by atoms with van der Waals surface area (Å²) in [6, 6.07) is 4.90. The van der Waals surface area contributed by atoms with Crippen LogP contribution in [0.2, 0.25) is 5.02 Å². The molecule has 0 unspecified atom stereocenters. The Morgan fingerprint density at radius 3 is 2.78 bits per heavy atom. The predicted octanol–water partition coefficient (Wildman–Crippen LogP) is 2.24. The normalized spacial score (nSPS) is 11.9. The molecule has 18 heavy (non-hydrogen) atoms. The monoisotopic (exact) mass is 272 g/mol. The molecule has 0 aliphatic heterocycles. The third kappa shape index (κ3) is 4.43. The van der Waals surface area contributed by atoms with Gasteiger partial charge in [-0.05, 0) is 32.0 Å². The van der Waals surface area contributed by atoms with Crippen molar-refractivity contribution in [1.82, 2.24) is 0 Å². The number of halogens is 1. The Kier molecular flexibility index (Phi) is 5.74. The maximum Gasteiger partial charge on any atom is 0.173 e. The summed E-state index contributed by atoms with van der Waals surface area (Å²) in [5, 5.41) is 12.1. The van der Waals surface area contributed by atoms with Crippen LogP contribution in [0.25, 0.3) is 0 Å². The number of ether oxygens (including phenoxy) is 2. The van der Waals surface area contributed by atoms with Crippen LogP contribution in [0, 0.1) is 0 Å². The van der Waals surface area contributed by atoms with Gasteiger partial charge in [-0.25, -0.2) is 0 Å². The predicted molar refractivity (Wildman–Crippen MR) is 70.5 cm³/mol. The second kappa shape index (κ2) is 7.08. The second-order valence-corrected chi connectivity index (χ2v) is 4.33. The summed E-state index contributed by atoms with van der Waals surface area (Å²) < 4.78 is 10.9. The summed E-state index contributed by atoms with van der Waals surface area (Å²) in [6.45, 7) is 4.71. The van der Waals surface area contributed by atoms with Crippen molar-refractivity contribution in [2.24, 2.45) is 10.9 Å². The van der Waals surface area contributed by atoms with E-state index >= 15 is 0 Å². The molecule has 1 aromatic carbocycles. The first-order valence-corrected chi connectivity index (χ1v) is 5.94. The number of rotatable bonds is 6. The van der Waals surface area contributed by atoms with E-state index in [1.54, 1.807) is 18.2 Å². The smallest absolute Gasteiger partial charge is 0.173 e. The van der Waals surface area contributed by atoms with Crippen LogP contribution in [-0.2, 0) is 4.74 Å². The topological polar surface area (TPSA) is 77.1 Å². The Labute approximate surface area is 111 Å². The quantitative estimate of drug-likeness (QED) is 0.274. The molecule has 0 aliphatic carbocycles. The largest absolute Gasteiger partial charge is 0.490 e. The third-order valence-electron chi connectivity index (χ3n) is 2.12. The van der Waals surface area contributed by atoms with E-state index in [2.05, 4.69) is 5.16 Å². The van der Waals surface area contributed by atoms with Crippen LogP contribution < -0.4 is 10.5 Å². The molecule has 0 saturated heterocycles. The minimum absolute atomic E-state index is 0.0218. The number of hydrogen-bond acceptors (Lipinski definition) is 4. The van der Waals surface area contributed by atoms with Crippen molar-refractivity contribution in [2.45, 2.75) is 20.0 Å². The highest BCUT2D eigenvalue weighted by molar-refractivity contribution is 6.30. The highest BCUT2D eigenvalue weighted by atomic mass is 35.5. The number of hydrogen-bond donors (Lipinski definition) is 2. The molecule has 0 bridgehead atoms. The van der Waals surface area contributed by atoms with Crippen molar-refractivity contribution in [3.05, 3.63) is 28.8 Å². The standard InChI is InChI=1S/C12H17ClN2O3/c1-8(2)17-5-6-18-11-7-9(13)3-4-10(11)12(14)15-16/h3-4,7-8,16H,5-6H2,1-2H3,(H2,14,15). The molecule has 0 atom stereocenters. The lowest BCUT2D eigenvalue weighted by Gasteiger charge is -2.12. The summed E-state index contributed by atoms with van der Waals surface area (Å²) >= 11 is 5.87. The zero-order valence-corrected chi connectivity index (χ0v) is 11.1. The van der Waals surface area contributed by atoms with E-state index in [0.29, 0.717) is 29.5 Å². The van der Waals surface area contributed by atoms with Crippen molar-refractivity contribution in [3.63, 3.8) is 0 Å². The van der Waals surface area contributed by atoms with Crippen LogP contribution in [0.3, 0.4) is 0 Å². The maximum atomic E-state index is 8.68. The molecule has 0 heterocycles. The van der Waals surface area contributed by atoms with Gasteiger partial charge in [0, 0.05) is 5.02 Å². The van der Waals surface area contributed by atoms with E-state index in [1.807, 2.05) is 13.8 Å². The summed E-state index contributed by atoms with van der Waals surface area (Å²) in [6.07, 6.45) is 0.150.